The molecule has 0 aromatic heterocycles. The van der Waals surface area contributed by atoms with E-state index in [2.05, 4.69) is 25.7 Å². The number of alkyl halides is 1. The molecule has 0 amide bonds. The van der Waals surface area contributed by atoms with Crippen LogP contribution < -0.4 is 0 Å². The highest BCUT2D eigenvalue weighted by atomic mass is 19.1. The monoisotopic (exact) mass is 297 g/mol. The summed E-state index contributed by atoms with van der Waals surface area (Å²) in [6.07, 6.45) is 3.12. The minimum Gasteiger partial charge on any atom is -0.508 e. The number of rotatable bonds is 2. The molecular formula is C16H24FNO3. The molecule has 1 N–H and O–H groups in total. The second-order valence-corrected chi connectivity index (χ2v) is 6.84. The average Bonchev–Trinajstić information content (AvgIpc) is 2.82. The fraction of sp³-hybridized carbons (Fsp3) is 0.688. The van der Waals surface area contributed by atoms with E-state index in [1.807, 2.05) is 0 Å². The summed E-state index contributed by atoms with van der Waals surface area (Å²) in [6, 6.07) is 0. The number of nitrogens with zero attached hydrogens (tertiary/aromatic N) is 1. The van der Waals surface area contributed by atoms with Crippen molar-refractivity contribution in [1.29, 1.82) is 0 Å². The van der Waals surface area contributed by atoms with Crippen molar-refractivity contribution in [2.24, 2.45) is 17.8 Å². The van der Waals surface area contributed by atoms with Gasteiger partial charge in [-0.2, -0.15) is 0 Å². The number of ether oxygens (including phenoxy) is 1. The Balaban J connectivity index is 2.23. The SMILES string of the molecule is COC(=O)C1CN(C(C)(C)C)C[C@H]1C1C=CC(O)=CC1F. The van der Waals surface area contributed by atoms with Gasteiger partial charge in [0.15, 0.2) is 0 Å². The molecule has 3 unspecified atom stereocenters. The fourth-order valence-corrected chi connectivity index (χ4v) is 3.19. The molecule has 2 rings (SSSR count). The first-order valence-corrected chi connectivity index (χ1v) is 7.30. The lowest BCUT2D eigenvalue weighted by Gasteiger charge is -2.32. The third-order valence-corrected chi connectivity index (χ3v) is 4.50. The number of methoxy groups -OCH3 is 1. The normalized spacial score (nSPS) is 33.9. The zero-order valence-electron chi connectivity index (χ0n) is 13.0. The largest absolute Gasteiger partial charge is 0.508 e. The number of carbonyl (C=O) groups is 1. The Morgan fingerprint density at radius 1 is 1.43 bits per heavy atom. The highest BCUT2D eigenvalue weighted by Gasteiger charge is 2.46. The topological polar surface area (TPSA) is 49.8 Å². The van der Waals surface area contributed by atoms with Crippen molar-refractivity contribution in [2.45, 2.75) is 32.5 Å². The Labute approximate surface area is 125 Å². The van der Waals surface area contributed by atoms with Gasteiger partial charge in [0.05, 0.1) is 13.0 Å². The molecule has 0 radical (unpaired) electrons. The number of halogens is 1. The second-order valence-electron chi connectivity index (χ2n) is 6.84. The van der Waals surface area contributed by atoms with Crippen molar-refractivity contribution in [2.75, 3.05) is 20.2 Å². The number of hydrogen-bond donors (Lipinski definition) is 1. The van der Waals surface area contributed by atoms with E-state index >= 15 is 0 Å². The minimum absolute atomic E-state index is 0.0564. The molecule has 0 saturated carbocycles. The van der Waals surface area contributed by atoms with Crippen LogP contribution in [0.3, 0.4) is 0 Å². The van der Waals surface area contributed by atoms with Crippen molar-refractivity contribution in [1.82, 2.24) is 4.90 Å². The van der Waals surface area contributed by atoms with Crippen molar-refractivity contribution in [3.63, 3.8) is 0 Å². The Morgan fingerprint density at radius 3 is 2.62 bits per heavy atom. The van der Waals surface area contributed by atoms with Gasteiger partial charge in [0.1, 0.15) is 11.9 Å². The Morgan fingerprint density at radius 2 is 2.10 bits per heavy atom. The van der Waals surface area contributed by atoms with Crippen molar-refractivity contribution >= 4 is 5.97 Å². The summed E-state index contributed by atoms with van der Waals surface area (Å²) in [5, 5.41) is 9.37. The van der Waals surface area contributed by atoms with Crippen LogP contribution in [0.5, 0.6) is 0 Å². The standard InChI is InChI=1S/C16H24FNO3/c1-16(2,3)18-8-12(13(9-18)15(20)21-4)11-6-5-10(19)7-14(11)17/h5-7,11-14,19H,8-9H2,1-4H3/t11?,12-,13?,14?/m0/s1. The van der Waals surface area contributed by atoms with Crippen LogP contribution in [0.2, 0.25) is 0 Å². The van der Waals surface area contributed by atoms with Gasteiger partial charge in [-0.05, 0) is 38.8 Å². The first kappa shape index (κ1) is 16.0. The predicted octanol–water partition coefficient (Wildman–Crippen LogP) is 2.47. The summed E-state index contributed by atoms with van der Waals surface area (Å²) in [7, 11) is 1.37. The van der Waals surface area contributed by atoms with Gasteiger partial charge in [-0.25, -0.2) is 4.39 Å². The molecule has 118 valence electrons. The van der Waals surface area contributed by atoms with Gasteiger partial charge in [-0.15, -0.1) is 0 Å². The third kappa shape index (κ3) is 3.28. The first-order chi connectivity index (χ1) is 9.74. The maximum absolute atomic E-state index is 14.3. The molecule has 1 aliphatic carbocycles. The van der Waals surface area contributed by atoms with E-state index < -0.39 is 12.1 Å². The summed E-state index contributed by atoms with van der Waals surface area (Å²) in [4.78, 5) is 14.2. The molecular weight excluding hydrogens is 273 g/mol. The Kier molecular flexibility index (Phi) is 4.42. The lowest BCUT2D eigenvalue weighted by atomic mass is 9.79. The second kappa shape index (κ2) is 5.79. The summed E-state index contributed by atoms with van der Waals surface area (Å²) >= 11 is 0. The Hall–Kier alpha value is -1.36. The van der Waals surface area contributed by atoms with Gasteiger partial charge in [-0.3, -0.25) is 9.69 Å². The Bertz CT molecular complexity index is 467. The number of carbonyl (C=O) groups excluding carboxylic acids is 1. The van der Waals surface area contributed by atoms with Crippen LogP contribution in [0.25, 0.3) is 0 Å². The van der Waals surface area contributed by atoms with Crippen molar-refractivity contribution < 1.29 is 19.0 Å². The number of likely N-dealkylation sites (tertiary alicyclic amines) is 1. The number of allylic oxidation sites excluding steroid dienone is 3. The highest BCUT2D eigenvalue weighted by molar-refractivity contribution is 5.73. The molecule has 0 bridgehead atoms. The molecule has 21 heavy (non-hydrogen) atoms. The van der Waals surface area contributed by atoms with E-state index in [9.17, 15) is 14.3 Å². The van der Waals surface area contributed by atoms with Crippen molar-refractivity contribution in [3.8, 4) is 0 Å². The summed E-state index contributed by atoms with van der Waals surface area (Å²) < 4.78 is 19.2. The minimum atomic E-state index is -1.27. The molecule has 1 fully saturated rings. The molecule has 4 atom stereocenters. The van der Waals surface area contributed by atoms with E-state index in [0.29, 0.717) is 13.1 Å². The number of hydrogen-bond acceptors (Lipinski definition) is 4. The van der Waals surface area contributed by atoms with Gasteiger partial charge in [0.2, 0.25) is 0 Å². The van der Waals surface area contributed by atoms with Gasteiger partial charge >= 0.3 is 5.97 Å². The first-order valence-electron chi connectivity index (χ1n) is 7.30. The molecule has 0 spiro atoms. The van der Waals surface area contributed by atoms with Crippen LogP contribution in [0.1, 0.15) is 20.8 Å². The van der Waals surface area contributed by atoms with Crippen LogP contribution in [-0.4, -0.2) is 47.9 Å². The van der Waals surface area contributed by atoms with Crippen molar-refractivity contribution in [3.05, 3.63) is 24.0 Å². The van der Waals surface area contributed by atoms with Crippen LogP contribution in [0, 0.1) is 17.8 Å². The zero-order valence-corrected chi connectivity index (χ0v) is 13.0. The highest BCUT2D eigenvalue weighted by Crippen LogP contribution is 2.39. The lowest BCUT2D eigenvalue weighted by molar-refractivity contribution is -0.146. The van der Waals surface area contributed by atoms with Gasteiger partial charge in [0.25, 0.3) is 0 Å². The van der Waals surface area contributed by atoms with Crippen LogP contribution in [-0.2, 0) is 9.53 Å². The number of aliphatic hydroxyl groups is 1. The maximum Gasteiger partial charge on any atom is 0.310 e. The fourth-order valence-electron chi connectivity index (χ4n) is 3.19. The summed E-state index contributed by atoms with van der Waals surface area (Å²) in [5.74, 6) is -1.23. The molecule has 1 heterocycles. The average molecular weight is 297 g/mol. The van der Waals surface area contributed by atoms with Crippen LogP contribution >= 0.6 is 0 Å². The molecule has 0 aromatic rings. The number of esters is 1. The predicted molar refractivity (Wildman–Crippen MR) is 78.6 cm³/mol. The van der Waals surface area contributed by atoms with Gasteiger partial charge in [-0.1, -0.05) is 6.08 Å². The molecule has 4 nitrogen and oxygen atoms in total. The summed E-state index contributed by atoms with van der Waals surface area (Å²) in [6.45, 7) is 7.47. The van der Waals surface area contributed by atoms with E-state index in [0.717, 1.165) is 0 Å². The third-order valence-electron chi connectivity index (χ3n) is 4.50. The molecule has 2 aliphatic rings. The molecule has 1 saturated heterocycles. The van der Waals surface area contributed by atoms with E-state index in [4.69, 9.17) is 4.74 Å². The van der Waals surface area contributed by atoms with E-state index in [1.54, 1.807) is 6.08 Å². The molecule has 5 heteroatoms. The summed E-state index contributed by atoms with van der Waals surface area (Å²) in [5.41, 5.74) is -0.0802. The van der Waals surface area contributed by atoms with E-state index in [1.165, 1.54) is 19.3 Å². The smallest absolute Gasteiger partial charge is 0.310 e. The van der Waals surface area contributed by atoms with Gasteiger partial charge in [0, 0.05) is 24.5 Å². The lowest BCUT2D eigenvalue weighted by Crippen LogP contribution is -2.40. The quantitative estimate of drug-likeness (QED) is 0.796. The van der Waals surface area contributed by atoms with Gasteiger partial charge < -0.3 is 9.84 Å². The molecule has 1 aliphatic heterocycles. The zero-order chi connectivity index (χ0) is 15.8. The maximum atomic E-state index is 14.3. The van der Waals surface area contributed by atoms with E-state index in [-0.39, 0.29) is 29.1 Å². The van der Waals surface area contributed by atoms with Crippen LogP contribution in [0.4, 0.5) is 4.39 Å². The van der Waals surface area contributed by atoms with Crippen LogP contribution in [0.15, 0.2) is 24.0 Å². The number of aliphatic hydroxyl groups excluding tert-OH is 1. The molecule has 0 aromatic carbocycles.